The highest BCUT2D eigenvalue weighted by molar-refractivity contribution is 5.98. The second-order valence-corrected chi connectivity index (χ2v) is 8.41. The molecule has 4 rings (SSSR count). The van der Waals surface area contributed by atoms with Crippen LogP contribution in [0.25, 0.3) is 0 Å². The highest BCUT2D eigenvalue weighted by Gasteiger charge is 2.33. The fourth-order valence-corrected chi connectivity index (χ4v) is 4.30. The van der Waals surface area contributed by atoms with Crippen LogP contribution in [0.1, 0.15) is 47.7 Å². The number of rotatable bonds is 6. The summed E-state index contributed by atoms with van der Waals surface area (Å²) in [5.41, 5.74) is 3.76. The molecule has 0 spiro atoms. The Bertz CT molecular complexity index is 970. The maximum Gasteiger partial charge on any atom is 0.254 e. The third kappa shape index (κ3) is 4.79. The first-order valence-electron chi connectivity index (χ1n) is 11.1. The number of anilines is 1. The van der Waals surface area contributed by atoms with Crippen LogP contribution in [0.5, 0.6) is 0 Å². The molecular formula is C25H29N3O3. The van der Waals surface area contributed by atoms with Crippen molar-refractivity contribution in [1.29, 1.82) is 0 Å². The van der Waals surface area contributed by atoms with Gasteiger partial charge >= 0.3 is 0 Å². The molecule has 0 saturated carbocycles. The van der Waals surface area contributed by atoms with Crippen molar-refractivity contribution in [3.05, 3.63) is 65.2 Å². The highest BCUT2D eigenvalue weighted by Crippen LogP contribution is 2.23. The van der Waals surface area contributed by atoms with Gasteiger partial charge in [-0.15, -0.1) is 0 Å². The van der Waals surface area contributed by atoms with Gasteiger partial charge < -0.3 is 15.1 Å². The fraction of sp³-hybridized carbons (Fsp3) is 0.400. The first kappa shape index (κ1) is 21.1. The molecule has 2 aromatic carbocycles. The molecule has 0 aliphatic carbocycles. The normalized spacial score (nSPS) is 18.1. The van der Waals surface area contributed by atoms with Gasteiger partial charge in [0.1, 0.15) is 0 Å². The number of unbranched alkanes of at least 4 members (excludes halogenated alkanes) is 1. The van der Waals surface area contributed by atoms with E-state index in [1.165, 1.54) is 11.1 Å². The lowest BCUT2D eigenvalue weighted by molar-refractivity contribution is -0.128. The van der Waals surface area contributed by atoms with Crippen LogP contribution in [-0.2, 0) is 22.6 Å². The first-order chi connectivity index (χ1) is 15.0. The van der Waals surface area contributed by atoms with Crippen molar-refractivity contribution < 1.29 is 14.4 Å². The van der Waals surface area contributed by atoms with E-state index in [9.17, 15) is 14.4 Å². The van der Waals surface area contributed by atoms with Crippen LogP contribution in [0.2, 0.25) is 0 Å². The fourth-order valence-electron chi connectivity index (χ4n) is 4.30. The molecule has 1 saturated heterocycles. The third-order valence-electron chi connectivity index (χ3n) is 6.18. The van der Waals surface area contributed by atoms with Gasteiger partial charge in [-0.3, -0.25) is 14.4 Å². The lowest BCUT2D eigenvalue weighted by Gasteiger charge is -2.29. The first-order valence-corrected chi connectivity index (χ1v) is 11.1. The molecular weight excluding hydrogens is 390 g/mol. The maximum absolute atomic E-state index is 12.9. The predicted molar refractivity (Wildman–Crippen MR) is 120 cm³/mol. The van der Waals surface area contributed by atoms with E-state index in [0.717, 1.165) is 25.8 Å². The van der Waals surface area contributed by atoms with Crippen LogP contribution in [-0.4, -0.2) is 47.2 Å². The van der Waals surface area contributed by atoms with Gasteiger partial charge in [0.05, 0.1) is 5.92 Å². The van der Waals surface area contributed by atoms with Gasteiger partial charge in [-0.05, 0) is 48.2 Å². The molecule has 0 aromatic heterocycles. The van der Waals surface area contributed by atoms with Crippen molar-refractivity contribution in [3.8, 4) is 0 Å². The number of carbonyl (C=O) groups is 3. The van der Waals surface area contributed by atoms with E-state index in [1.54, 1.807) is 29.2 Å². The second-order valence-electron chi connectivity index (χ2n) is 8.41. The molecule has 6 nitrogen and oxygen atoms in total. The number of fused-ring (bicyclic) bond motifs is 1. The van der Waals surface area contributed by atoms with Gasteiger partial charge in [-0.2, -0.15) is 0 Å². The maximum atomic E-state index is 12.9. The molecule has 2 aliphatic heterocycles. The monoisotopic (exact) mass is 419 g/mol. The minimum atomic E-state index is -0.320. The van der Waals surface area contributed by atoms with E-state index >= 15 is 0 Å². The number of hydrogen-bond donors (Lipinski definition) is 1. The van der Waals surface area contributed by atoms with Gasteiger partial charge in [0, 0.05) is 43.9 Å². The van der Waals surface area contributed by atoms with E-state index in [2.05, 4.69) is 24.4 Å². The number of hydrogen-bond acceptors (Lipinski definition) is 3. The number of likely N-dealkylation sites (tertiary alicyclic amines) is 1. The van der Waals surface area contributed by atoms with Crippen LogP contribution < -0.4 is 5.32 Å². The van der Waals surface area contributed by atoms with Crippen molar-refractivity contribution in [2.24, 2.45) is 5.92 Å². The van der Waals surface area contributed by atoms with Crippen molar-refractivity contribution >= 4 is 23.4 Å². The summed E-state index contributed by atoms with van der Waals surface area (Å²) >= 11 is 0. The highest BCUT2D eigenvalue weighted by atomic mass is 16.2. The Balaban J connectivity index is 1.34. The summed E-state index contributed by atoms with van der Waals surface area (Å²) in [5.74, 6) is -0.406. The largest absolute Gasteiger partial charge is 0.342 e. The third-order valence-corrected chi connectivity index (χ3v) is 6.18. The Kier molecular flexibility index (Phi) is 6.35. The molecule has 31 heavy (non-hydrogen) atoms. The molecule has 2 aromatic rings. The van der Waals surface area contributed by atoms with Gasteiger partial charge in [-0.1, -0.05) is 37.6 Å². The molecule has 6 heteroatoms. The molecule has 3 amide bonds. The zero-order valence-corrected chi connectivity index (χ0v) is 18.0. The summed E-state index contributed by atoms with van der Waals surface area (Å²) in [5, 5.41) is 2.90. The quantitative estimate of drug-likeness (QED) is 0.779. The molecule has 1 fully saturated rings. The number of benzene rings is 2. The van der Waals surface area contributed by atoms with Gasteiger partial charge in [0.25, 0.3) is 5.91 Å². The molecule has 0 bridgehead atoms. The molecule has 162 valence electrons. The van der Waals surface area contributed by atoms with Gasteiger partial charge in [0.2, 0.25) is 11.8 Å². The Labute approximate surface area is 183 Å². The summed E-state index contributed by atoms with van der Waals surface area (Å²) in [6.07, 6.45) is 3.11. The minimum absolute atomic E-state index is 0.000310. The number of carbonyl (C=O) groups excluding carboxylic acids is 3. The number of nitrogens with one attached hydrogen (secondary N) is 1. The number of nitrogens with zero attached hydrogens (tertiary/aromatic N) is 2. The van der Waals surface area contributed by atoms with E-state index in [0.29, 0.717) is 30.9 Å². The minimum Gasteiger partial charge on any atom is -0.342 e. The van der Waals surface area contributed by atoms with Crippen LogP contribution in [0.3, 0.4) is 0 Å². The van der Waals surface area contributed by atoms with E-state index in [1.807, 2.05) is 17.0 Å². The van der Waals surface area contributed by atoms with E-state index < -0.39 is 0 Å². The molecule has 1 N–H and O–H groups in total. The summed E-state index contributed by atoms with van der Waals surface area (Å²) < 4.78 is 0. The average Bonchev–Trinajstić information content (AvgIpc) is 3.18. The lowest BCUT2D eigenvalue weighted by Crippen LogP contribution is -2.35. The molecule has 2 heterocycles. The summed E-state index contributed by atoms with van der Waals surface area (Å²) in [6, 6.07) is 15.3. The summed E-state index contributed by atoms with van der Waals surface area (Å²) in [4.78, 5) is 41.3. The van der Waals surface area contributed by atoms with Crippen molar-refractivity contribution in [1.82, 2.24) is 9.80 Å². The molecule has 0 radical (unpaired) electrons. The zero-order chi connectivity index (χ0) is 21.8. The zero-order valence-electron chi connectivity index (χ0n) is 18.0. The predicted octanol–water partition coefficient (Wildman–Crippen LogP) is 3.47. The Morgan fingerprint density at radius 1 is 1.06 bits per heavy atom. The number of amides is 3. The SMILES string of the molecule is CCCCN1CC(C(=O)Nc2ccc(C(=O)N3CCc4ccccc4C3)cc2)CC1=O. The standard InChI is InChI=1S/C25H29N3O3/c1-2-3-13-27-17-21(15-23(27)29)24(30)26-22-10-8-19(9-11-22)25(31)28-14-12-18-6-4-5-7-20(18)16-28/h4-11,21H,2-3,12-17H2,1H3,(H,26,30). The van der Waals surface area contributed by atoms with Crippen LogP contribution >= 0.6 is 0 Å². The van der Waals surface area contributed by atoms with Gasteiger partial charge in [0.15, 0.2) is 0 Å². The van der Waals surface area contributed by atoms with E-state index in [-0.39, 0.29) is 30.1 Å². The summed E-state index contributed by atoms with van der Waals surface area (Å²) in [7, 11) is 0. The Morgan fingerprint density at radius 3 is 2.55 bits per heavy atom. The van der Waals surface area contributed by atoms with Crippen molar-refractivity contribution in [2.45, 2.75) is 39.2 Å². The van der Waals surface area contributed by atoms with Crippen LogP contribution in [0.15, 0.2) is 48.5 Å². The Morgan fingerprint density at radius 2 is 1.81 bits per heavy atom. The van der Waals surface area contributed by atoms with Crippen LogP contribution in [0.4, 0.5) is 5.69 Å². The van der Waals surface area contributed by atoms with Gasteiger partial charge in [-0.25, -0.2) is 0 Å². The Hall–Kier alpha value is -3.15. The summed E-state index contributed by atoms with van der Waals surface area (Å²) in [6.45, 7) is 4.62. The smallest absolute Gasteiger partial charge is 0.254 e. The van der Waals surface area contributed by atoms with Crippen LogP contribution in [0, 0.1) is 5.92 Å². The average molecular weight is 420 g/mol. The van der Waals surface area contributed by atoms with Crippen molar-refractivity contribution in [2.75, 3.05) is 25.0 Å². The molecule has 2 aliphatic rings. The second kappa shape index (κ2) is 9.33. The molecule has 1 unspecified atom stereocenters. The molecule has 1 atom stereocenters. The van der Waals surface area contributed by atoms with Crippen molar-refractivity contribution in [3.63, 3.8) is 0 Å². The topological polar surface area (TPSA) is 69.7 Å². The lowest BCUT2D eigenvalue weighted by atomic mass is 9.99. The van der Waals surface area contributed by atoms with E-state index in [4.69, 9.17) is 0 Å².